The smallest absolute Gasteiger partial charge is 0.328 e. The van der Waals surface area contributed by atoms with Crippen molar-refractivity contribution in [3.63, 3.8) is 0 Å². The Morgan fingerprint density at radius 2 is 2.00 bits per heavy atom. The lowest BCUT2D eigenvalue weighted by molar-refractivity contribution is -0.143. The second kappa shape index (κ2) is 8.36. The molecule has 0 bridgehead atoms. The van der Waals surface area contributed by atoms with Crippen LogP contribution in [-0.4, -0.2) is 67.4 Å². The molecule has 2 amide bonds. The quantitative estimate of drug-likeness (QED) is 0.770. The number of carbonyl (C=O) groups excluding carboxylic acids is 2. The first-order chi connectivity index (χ1) is 9.47. The van der Waals surface area contributed by atoms with Crippen molar-refractivity contribution in [1.29, 1.82) is 0 Å². The number of amides is 2. The van der Waals surface area contributed by atoms with Gasteiger partial charge in [-0.3, -0.25) is 0 Å². The van der Waals surface area contributed by atoms with E-state index in [2.05, 4.69) is 5.32 Å². The summed E-state index contributed by atoms with van der Waals surface area (Å²) in [7, 11) is 1.33. The molecule has 1 heterocycles. The zero-order valence-corrected chi connectivity index (χ0v) is 13.4. The van der Waals surface area contributed by atoms with E-state index in [-0.39, 0.29) is 18.2 Å². The van der Waals surface area contributed by atoms with Gasteiger partial charge >= 0.3 is 12.0 Å². The highest BCUT2D eigenvalue weighted by Gasteiger charge is 2.29. The van der Waals surface area contributed by atoms with Crippen LogP contribution in [0.2, 0.25) is 0 Å². The molecule has 1 aliphatic heterocycles. The molecule has 20 heavy (non-hydrogen) atoms. The van der Waals surface area contributed by atoms with Gasteiger partial charge in [0.25, 0.3) is 0 Å². The number of hydrogen-bond acceptors (Lipinski definition) is 5. The van der Waals surface area contributed by atoms with Crippen molar-refractivity contribution in [1.82, 2.24) is 10.2 Å². The zero-order valence-electron chi connectivity index (χ0n) is 12.5. The topological polar surface area (TPSA) is 67.9 Å². The third kappa shape index (κ3) is 5.20. The highest BCUT2D eigenvalue weighted by molar-refractivity contribution is 7.98. The maximum Gasteiger partial charge on any atom is 0.328 e. The molecule has 3 atom stereocenters. The molecule has 0 saturated carbocycles. The van der Waals surface area contributed by atoms with E-state index in [4.69, 9.17) is 9.47 Å². The molecule has 0 spiro atoms. The van der Waals surface area contributed by atoms with Gasteiger partial charge in [-0.25, -0.2) is 9.59 Å². The van der Waals surface area contributed by atoms with Crippen molar-refractivity contribution in [2.24, 2.45) is 0 Å². The number of nitrogens with one attached hydrogen (secondary N) is 1. The fourth-order valence-corrected chi connectivity index (χ4v) is 2.68. The van der Waals surface area contributed by atoms with E-state index < -0.39 is 12.0 Å². The lowest BCUT2D eigenvalue weighted by Gasteiger charge is -2.35. The summed E-state index contributed by atoms with van der Waals surface area (Å²) >= 11 is 1.63. The van der Waals surface area contributed by atoms with Crippen LogP contribution in [0.1, 0.15) is 20.3 Å². The first-order valence-electron chi connectivity index (χ1n) is 6.75. The molecular weight excluding hydrogens is 280 g/mol. The Morgan fingerprint density at radius 3 is 2.50 bits per heavy atom. The monoisotopic (exact) mass is 304 g/mol. The van der Waals surface area contributed by atoms with E-state index in [1.165, 1.54) is 7.11 Å². The van der Waals surface area contributed by atoms with Crippen LogP contribution in [0.3, 0.4) is 0 Å². The van der Waals surface area contributed by atoms with E-state index >= 15 is 0 Å². The maximum atomic E-state index is 12.2. The first-order valence-corrected chi connectivity index (χ1v) is 8.15. The van der Waals surface area contributed by atoms with E-state index in [0.717, 1.165) is 5.75 Å². The largest absolute Gasteiger partial charge is 0.467 e. The minimum atomic E-state index is -0.589. The van der Waals surface area contributed by atoms with Crippen molar-refractivity contribution >= 4 is 23.8 Å². The number of rotatable bonds is 5. The molecular formula is C13H24N2O4S. The van der Waals surface area contributed by atoms with E-state index in [0.29, 0.717) is 19.5 Å². The van der Waals surface area contributed by atoms with E-state index in [1.807, 2.05) is 20.1 Å². The SMILES string of the molecule is COC(=O)[C@H](CCSC)NC(=O)N1C[C@@H](C)O[C@H](C)C1. The first kappa shape index (κ1) is 17.1. The maximum absolute atomic E-state index is 12.2. The second-order valence-electron chi connectivity index (χ2n) is 4.97. The van der Waals surface area contributed by atoms with Crippen LogP contribution in [0.25, 0.3) is 0 Å². The van der Waals surface area contributed by atoms with Crippen LogP contribution in [0.15, 0.2) is 0 Å². The van der Waals surface area contributed by atoms with E-state index in [1.54, 1.807) is 16.7 Å². The summed E-state index contributed by atoms with van der Waals surface area (Å²) in [5.41, 5.74) is 0. The van der Waals surface area contributed by atoms with Crippen LogP contribution >= 0.6 is 11.8 Å². The molecule has 0 aliphatic carbocycles. The van der Waals surface area contributed by atoms with Crippen LogP contribution in [-0.2, 0) is 14.3 Å². The molecule has 1 rings (SSSR count). The van der Waals surface area contributed by atoms with Crippen molar-refractivity contribution in [2.45, 2.75) is 38.5 Å². The molecule has 1 aliphatic rings. The average Bonchev–Trinajstić information content (AvgIpc) is 2.41. The number of thioether (sulfide) groups is 1. The minimum Gasteiger partial charge on any atom is -0.467 e. The van der Waals surface area contributed by atoms with Crippen molar-refractivity contribution in [2.75, 3.05) is 32.2 Å². The zero-order chi connectivity index (χ0) is 15.1. The molecule has 0 aromatic heterocycles. The Bertz CT molecular complexity index is 330. The van der Waals surface area contributed by atoms with Gasteiger partial charge in [0, 0.05) is 13.1 Å². The fourth-order valence-electron chi connectivity index (χ4n) is 2.21. The van der Waals surface area contributed by atoms with Gasteiger partial charge in [-0.15, -0.1) is 0 Å². The highest BCUT2D eigenvalue weighted by Crippen LogP contribution is 2.11. The summed E-state index contributed by atoms with van der Waals surface area (Å²) < 4.78 is 10.3. The number of ether oxygens (including phenoxy) is 2. The Morgan fingerprint density at radius 1 is 1.40 bits per heavy atom. The van der Waals surface area contributed by atoms with Gasteiger partial charge in [0.2, 0.25) is 0 Å². The summed E-state index contributed by atoms with van der Waals surface area (Å²) in [6.07, 6.45) is 2.54. The highest BCUT2D eigenvalue weighted by atomic mass is 32.2. The molecule has 0 aromatic rings. The molecule has 7 heteroatoms. The Labute approximate surface area is 124 Å². The summed E-state index contributed by atoms with van der Waals surface area (Å²) in [6.45, 7) is 4.93. The van der Waals surface area contributed by atoms with Gasteiger partial charge in [-0.05, 0) is 32.3 Å². The number of hydrogen-bond donors (Lipinski definition) is 1. The van der Waals surface area contributed by atoms with Crippen LogP contribution in [0.4, 0.5) is 4.79 Å². The van der Waals surface area contributed by atoms with Crippen molar-refractivity contribution < 1.29 is 19.1 Å². The molecule has 6 nitrogen and oxygen atoms in total. The van der Waals surface area contributed by atoms with Gasteiger partial charge in [-0.2, -0.15) is 11.8 Å². The van der Waals surface area contributed by atoms with E-state index in [9.17, 15) is 9.59 Å². The van der Waals surface area contributed by atoms with Gasteiger partial charge in [0.1, 0.15) is 6.04 Å². The van der Waals surface area contributed by atoms with Crippen LogP contribution in [0.5, 0.6) is 0 Å². The molecule has 1 saturated heterocycles. The Hall–Kier alpha value is -0.950. The molecule has 1 N–H and O–H groups in total. The number of esters is 1. The summed E-state index contributed by atoms with van der Waals surface area (Å²) in [6, 6.07) is -0.822. The Kier molecular flexibility index (Phi) is 7.15. The van der Waals surface area contributed by atoms with Crippen molar-refractivity contribution in [3.05, 3.63) is 0 Å². The summed E-state index contributed by atoms with van der Waals surface area (Å²) in [4.78, 5) is 25.6. The van der Waals surface area contributed by atoms with Gasteiger partial charge < -0.3 is 19.7 Å². The predicted molar refractivity (Wildman–Crippen MR) is 78.9 cm³/mol. The molecule has 0 aromatic carbocycles. The van der Waals surface area contributed by atoms with Crippen LogP contribution < -0.4 is 5.32 Å². The molecule has 0 radical (unpaired) electrons. The lowest BCUT2D eigenvalue weighted by Crippen LogP contribution is -2.55. The lowest BCUT2D eigenvalue weighted by atomic mass is 10.2. The molecule has 1 fully saturated rings. The number of urea groups is 1. The normalized spacial score (nSPS) is 24.1. The van der Waals surface area contributed by atoms with Gasteiger partial charge in [-0.1, -0.05) is 0 Å². The predicted octanol–water partition coefficient (Wildman–Crippen LogP) is 1.10. The molecule has 0 unspecified atom stereocenters. The number of morpholine rings is 1. The fraction of sp³-hybridized carbons (Fsp3) is 0.846. The van der Waals surface area contributed by atoms with Gasteiger partial charge in [0.05, 0.1) is 19.3 Å². The van der Waals surface area contributed by atoms with Gasteiger partial charge in [0.15, 0.2) is 0 Å². The average molecular weight is 304 g/mol. The number of methoxy groups -OCH3 is 1. The second-order valence-corrected chi connectivity index (χ2v) is 5.95. The Balaban J connectivity index is 2.57. The van der Waals surface area contributed by atoms with Crippen LogP contribution in [0, 0.1) is 0 Å². The minimum absolute atomic E-state index is 0.00674. The third-order valence-corrected chi connectivity index (χ3v) is 3.74. The summed E-state index contributed by atoms with van der Waals surface area (Å²) in [5.74, 6) is 0.387. The molecule has 116 valence electrons. The standard InChI is InChI=1S/C13H24N2O4S/c1-9-7-15(8-10(2)19-9)13(17)14-11(5-6-20-4)12(16)18-3/h9-11H,5-8H2,1-4H3,(H,14,17)/t9-,10-,11+/m1/s1. The van der Waals surface area contributed by atoms with Crippen molar-refractivity contribution in [3.8, 4) is 0 Å². The number of nitrogens with zero attached hydrogens (tertiary/aromatic N) is 1. The third-order valence-electron chi connectivity index (χ3n) is 3.10. The summed E-state index contributed by atoms with van der Waals surface area (Å²) in [5, 5.41) is 2.76. The number of carbonyl (C=O) groups is 2.